The quantitative estimate of drug-likeness (QED) is 0.864. The molecule has 0 amide bonds. The lowest BCUT2D eigenvalue weighted by Crippen LogP contribution is -2.30. The van der Waals surface area contributed by atoms with Crippen LogP contribution in [0.2, 0.25) is 0 Å². The molecule has 2 heterocycles. The highest BCUT2D eigenvalue weighted by molar-refractivity contribution is 5.24. The minimum Gasteiger partial charge on any atom is -0.336 e. The summed E-state index contributed by atoms with van der Waals surface area (Å²) in [6, 6.07) is 0.401. The zero-order valence-corrected chi connectivity index (χ0v) is 12.2. The maximum absolute atomic E-state index is 4.54. The average Bonchev–Trinajstić information content (AvgIpc) is 2.96. The Kier molecular flexibility index (Phi) is 4.37. The molecule has 0 aliphatic carbocycles. The lowest BCUT2D eigenvalue weighted by molar-refractivity contribution is 0.475. The van der Waals surface area contributed by atoms with Crippen LogP contribution in [0.5, 0.6) is 0 Å². The Morgan fingerprint density at radius 3 is 2.74 bits per heavy atom. The molecule has 19 heavy (non-hydrogen) atoms. The molecule has 0 bridgehead atoms. The fourth-order valence-electron chi connectivity index (χ4n) is 2.35. The summed E-state index contributed by atoms with van der Waals surface area (Å²) in [6.07, 6.45) is 5.65. The number of hydrogen-bond acceptors (Lipinski definition) is 3. The zero-order valence-electron chi connectivity index (χ0n) is 12.2. The lowest BCUT2D eigenvalue weighted by atomic mass is 10.2. The molecule has 0 unspecified atom stereocenters. The van der Waals surface area contributed by atoms with E-state index in [0.29, 0.717) is 6.04 Å². The molecule has 0 saturated heterocycles. The van der Waals surface area contributed by atoms with Gasteiger partial charge in [0.05, 0.1) is 12.0 Å². The van der Waals surface area contributed by atoms with Crippen molar-refractivity contribution >= 4 is 0 Å². The highest BCUT2D eigenvalue weighted by Gasteiger charge is 2.11. The fourth-order valence-corrected chi connectivity index (χ4v) is 2.35. The summed E-state index contributed by atoms with van der Waals surface area (Å²) < 4.78 is 4.15. The number of nitrogens with zero attached hydrogens (tertiary/aromatic N) is 4. The van der Waals surface area contributed by atoms with Crippen molar-refractivity contribution in [2.75, 3.05) is 0 Å². The normalized spacial score (nSPS) is 12.8. The van der Waals surface area contributed by atoms with E-state index in [0.717, 1.165) is 25.3 Å². The van der Waals surface area contributed by atoms with Gasteiger partial charge in [-0.3, -0.25) is 4.68 Å². The Bertz CT molecular complexity index is 512. The lowest BCUT2D eigenvalue weighted by Gasteiger charge is -2.14. The van der Waals surface area contributed by atoms with Crippen LogP contribution in [0.1, 0.15) is 30.8 Å². The molecular formula is C14H23N5. The van der Waals surface area contributed by atoms with Crippen LogP contribution in [0.25, 0.3) is 0 Å². The van der Waals surface area contributed by atoms with Gasteiger partial charge in [-0.1, -0.05) is 0 Å². The molecule has 0 saturated carbocycles. The van der Waals surface area contributed by atoms with E-state index < -0.39 is 0 Å². The van der Waals surface area contributed by atoms with E-state index in [1.165, 1.54) is 11.3 Å². The monoisotopic (exact) mass is 261 g/mol. The van der Waals surface area contributed by atoms with E-state index in [9.17, 15) is 0 Å². The van der Waals surface area contributed by atoms with Gasteiger partial charge >= 0.3 is 0 Å². The van der Waals surface area contributed by atoms with Crippen molar-refractivity contribution in [2.24, 2.45) is 0 Å². The molecule has 0 aliphatic rings. The van der Waals surface area contributed by atoms with Crippen LogP contribution in [0, 0.1) is 13.8 Å². The zero-order chi connectivity index (χ0) is 13.8. The van der Waals surface area contributed by atoms with Gasteiger partial charge in [-0.05, 0) is 27.7 Å². The average molecular weight is 261 g/mol. The largest absolute Gasteiger partial charge is 0.336 e. The van der Waals surface area contributed by atoms with E-state index in [1.54, 1.807) is 0 Å². The molecule has 0 radical (unpaired) electrons. The molecule has 0 aliphatic heterocycles. The number of rotatable bonds is 6. The molecule has 2 aromatic heterocycles. The van der Waals surface area contributed by atoms with Gasteiger partial charge in [-0.15, -0.1) is 0 Å². The molecule has 1 atom stereocenters. The smallest absolute Gasteiger partial charge is 0.0946 e. The van der Waals surface area contributed by atoms with E-state index in [1.807, 2.05) is 18.7 Å². The van der Waals surface area contributed by atoms with Crippen LogP contribution in [0.15, 0.2) is 18.7 Å². The number of aryl methyl sites for hydroxylation is 2. The van der Waals surface area contributed by atoms with Crippen molar-refractivity contribution < 1.29 is 0 Å². The van der Waals surface area contributed by atoms with Gasteiger partial charge in [-0.2, -0.15) is 5.10 Å². The summed E-state index contributed by atoms with van der Waals surface area (Å²) in [5.41, 5.74) is 3.71. The summed E-state index contributed by atoms with van der Waals surface area (Å²) >= 11 is 0. The molecule has 5 nitrogen and oxygen atoms in total. The fraction of sp³-hybridized carbons (Fsp3) is 0.571. The van der Waals surface area contributed by atoms with Crippen molar-refractivity contribution in [1.29, 1.82) is 0 Å². The summed E-state index contributed by atoms with van der Waals surface area (Å²) in [5, 5.41) is 8.10. The third-order valence-electron chi connectivity index (χ3n) is 3.50. The Morgan fingerprint density at radius 2 is 2.16 bits per heavy atom. The maximum Gasteiger partial charge on any atom is 0.0946 e. The molecule has 104 valence electrons. The minimum atomic E-state index is 0.401. The van der Waals surface area contributed by atoms with Crippen LogP contribution in [-0.2, 0) is 19.6 Å². The van der Waals surface area contributed by atoms with Crippen molar-refractivity contribution in [1.82, 2.24) is 24.6 Å². The minimum absolute atomic E-state index is 0.401. The molecule has 2 aromatic rings. The number of hydrogen-bond donors (Lipinski definition) is 1. The molecular weight excluding hydrogens is 238 g/mol. The predicted octanol–water partition coefficient (Wildman–Crippen LogP) is 1.89. The van der Waals surface area contributed by atoms with Crippen LogP contribution >= 0.6 is 0 Å². The Hall–Kier alpha value is -1.62. The number of aromatic nitrogens is 4. The summed E-state index contributed by atoms with van der Waals surface area (Å²) in [7, 11) is 0. The van der Waals surface area contributed by atoms with E-state index >= 15 is 0 Å². The number of imidazole rings is 1. The van der Waals surface area contributed by atoms with Crippen LogP contribution in [0.3, 0.4) is 0 Å². The van der Waals surface area contributed by atoms with Crippen molar-refractivity contribution in [3.05, 3.63) is 35.7 Å². The SMILES string of the molecule is CCn1nc(C)c(CN[C@@H](C)Cn2ccnc2)c1C. The number of nitrogens with one attached hydrogen (secondary N) is 1. The van der Waals surface area contributed by atoms with Crippen LogP contribution in [0.4, 0.5) is 0 Å². The Balaban J connectivity index is 1.93. The second kappa shape index (κ2) is 6.02. The van der Waals surface area contributed by atoms with Crippen molar-refractivity contribution in [2.45, 2.75) is 53.4 Å². The van der Waals surface area contributed by atoms with Gasteiger partial charge in [-0.25, -0.2) is 4.98 Å². The summed E-state index contributed by atoms with van der Waals surface area (Å²) in [4.78, 5) is 4.06. The maximum atomic E-state index is 4.54. The summed E-state index contributed by atoms with van der Waals surface area (Å²) in [5.74, 6) is 0. The third-order valence-corrected chi connectivity index (χ3v) is 3.50. The Labute approximate surface area is 114 Å². The van der Waals surface area contributed by atoms with E-state index in [2.05, 4.69) is 52.3 Å². The molecule has 0 aromatic carbocycles. The first kappa shape index (κ1) is 13.8. The van der Waals surface area contributed by atoms with Gasteiger partial charge < -0.3 is 9.88 Å². The van der Waals surface area contributed by atoms with Gasteiger partial charge in [0.15, 0.2) is 0 Å². The van der Waals surface area contributed by atoms with Gasteiger partial charge in [0.1, 0.15) is 0 Å². The summed E-state index contributed by atoms with van der Waals surface area (Å²) in [6.45, 7) is 11.3. The molecule has 0 spiro atoms. The standard InChI is InChI=1S/C14H23N5/c1-5-19-13(4)14(12(3)17-19)8-16-11(2)9-18-7-6-15-10-18/h6-7,10-11,16H,5,8-9H2,1-4H3/t11-/m0/s1. The first-order valence-electron chi connectivity index (χ1n) is 6.83. The highest BCUT2D eigenvalue weighted by Crippen LogP contribution is 2.12. The first-order valence-corrected chi connectivity index (χ1v) is 6.83. The second-order valence-electron chi connectivity index (χ2n) is 5.01. The predicted molar refractivity (Wildman–Crippen MR) is 75.9 cm³/mol. The van der Waals surface area contributed by atoms with Crippen LogP contribution in [-0.4, -0.2) is 25.4 Å². The van der Waals surface area contributed by atoms with Gasteiger partial charge in [0.25, 0.3) is 0 Å². The molecule has 0 fully saturated rings. The van der Waals surface area contributed by atoms with Crippen molar-refractivity contribution in [3.8, 4) is 0 Å². The van der Waals surface area contributed by atoms with Gasteiger partial charge in [0, 0.05) is 49.3 Å². The highest BCUT2D eigenvalue weighted by atomic mass is 15.3. The van der Waals surface area contributed by atoms with Gasteiger partial charge in [0.2, 0.25) is 0 Å². The molecule has 2 rings (SSSR count). The molecule has 1 N–H and O–H groups in total. The van der Waals surface area contributed by atoms with E-state index in [-0.39, 0.29) is 0 Å². The van der Waals surface area contributed by atoms with E-state index in [4.69, 9.17) is 0 Å². The third kappa shape index (κ3) is 3.23. The molecule has 5 heteroatoms. The first-order chi connectivity index (χ1) is 9.11. The Morgan fingerprint density at radius 1 is 1.37 bits per heavy atom. The van der Waals surface area contributed by atoms with Crippen molar-refractivity contribution in [3.63, 3.8) is 0 Å². The topological polar surface area (TPSA) is 47.7 Å². The second-order valence-corrected chi connectivity index (χ2v) is 5.01. The van der Waals surface area contributed by atoms with Crippen LogP contribution < -0.4 is 5.32 Å².